The minimum absolute atomic E-state index is 0.322. The zero-order chi connectivity index (χ0) is 12.8. The first-order valence-electron chi connectivity index (χ1n) is 5.08. The van der Waals surface area contributed by atoms with Gasteiger partial charge in [-0.05, 0) is 44.3 Å². The summed E-state index contributed by atoms with van der Waals surface area (Å²) < 4.78 is 12.9. The Kier molecular flexibility index (Phi) is 5.31. The maximum absolute atomic E-state index is 12.9. The summed E-state index contributed by atoms with van der Waals surface area (Å²) in [7, 11) is 0. The molecule has 17 heavy (non-hydrogen) atoms. The van der Waals surface area contributed by atoms with Gasteiger partial charge in [-0.15, -0.1) is 0 Å². The molecular formula is C11H13ClFN3S. The molecule has 1 rings (SSSR count). The topological polar surface area (TPSA) is 36.4 Å². The third kappa shape index (κ3) is 4.28. The zero-order valence-electron chi connectivity index (χ0n) is 9.55. The van der Waals surface area contributed by atoms with Gasteiger partial charge in [0.2, 0.25) is 0 Å². The number of halogens is 2. The van der Waals surface area contributed by atoms with Crippen molar-refractivity contribution in [2.24, 2.45) is 5.10 Å². The summed E-state index contributed by atoms with van der Waals surface area (Å²) >= 11 is 10.9. The first-order chi connectivity index (χ1) is 8.04. The van der Waals surface area contributed by atoms with Gasteiger partial charge in [0.1, 0.15) is 5.82 Å². The molecule has 0 bridgehead atoms. The second kappa shape index (κ2) is 6.51. The van der Waals surface area contributed by atoms with Crippen molar-refractivity contribution < 1.29 is 4.39 Å². The Hall–Kier alpha value is -1.20. The van der Waals surface area contributed by atoms with Gasteiger partial charge in [-0.2, -0.15) is 5.10 Å². The summed E-state index contributed by atoms with van der Waals surface area (Å²) in [5, 5.41) is 7.71. The number of rotatable bonds is 3. The molecule has 1 aromatic rings. The Balaban J connectivity index is 2.78. The summed E-state index contributed by atoms with van der Waals surface area (Å²) in [6.45, 7) is 4.42. The molecule has 0 atom stereocenters. The van der Waals surface area contributed by atoms with Gasteiger partial charge in [0.15, 0.2) is 5.11 Å². The SMILES string of the molecule is CCNC(=S)N/N=C(/C)c1ccc(F)cc1Cl. The monoisotopic (exact) mass is 273 g/mol. The van der Waals surface area contributed by atoms with Crippen molar-refractivity contribution in [3.05, 3.63) is 34.6 Å². The van der Waals surface area contributed by atoms with Crippen LogP contribution in [0, 0.1) is 5.82 Å². The van der Waals surface area contributed by atoms with Gasteiger partial charge in [-0.25, -0.2) is 4.39 Å². The van der Waals surface area contributed by atoms with E-state index in [1.807, 2.05) is 6.92 Å². The van der Waals surface area contributed by atoms with Crippen LogP contribution in [-0.2, 0) is 0 Å². The van der Waals surface area contributed by atoms with Crippen LogP contribution in [0.2, 0.25) is 5.02 Å². The predicted octanol–water partition coefficient (Wildman–Crippen LogP) is 2.69. The zero-order valence-corrected chi connectivity index (χ0v) is 11.1. The van der Waals surface area contributed by atoms with Crippen molar-refractivity contribution in [3.8, 4) is 0 Å². The van der Waals surface area contributed by atoms with Crippen molar-refractivity contribution in [1.82, 2.24) is 10.7 Å². The molecule has 92 valence electrons. The van der Waals surface area contributed by atoms with Gasteiger partial charge in [0.25, 0.3) is 0 Å². The average Bonchev–Trinajstić information content (AvgIpc) is 2.26. The normalized spacial score (nSPS) is 11.2. The Morgan fingerprint density at radius 3 is 2.82 bits per heavy atom. The molecule has 0 saturated carbocycles. The van der Waals surface area contributed by atoms with Crippen LogP contribution in [0.15, 0.2) is 23.3 Å². The third-order valence-corrected chi connectivity index (χ3v) is 2.53. The van der Waals surface area contributed by atoms with E-state index in [2.05, 4.69) is 15.8 Å². The van der Waals surface area contributed by atoms with Crippen LogP contribution in [0.5, 0.6) is 0 Å². The molecule has 2 N–H and O–H groups in total. The highest BCUT2D eigenvalue weighted by molar-refractivity contribution is 7.80. The number of hydrogen-bond acceptors (Lipinski definition) is 2. The minimum Gasteiger partial charge on any atom is -0.362 e. The number of thiocarbonyl (C=S) groups is 1. The highest BCUT2D eigenvalue weighted by Gasteiger charge is 2.05. The smallest absolute Gasteiger partial charge is 0.186 e. The van der Waals surface area contributed by atoms with Crippen LogP contribution in [0.1, 0.15) is 19.4 Å². The van der Waals surface area contributed by atoms with Crippen LogP contribution >= 0.6 is 23.8 Å². The van der Waals surface area contributed by atoms with Gasteiger partial charge < -0.3 is 5.32 Å². The lowest BCUT2D eigenvalue weighted by molar-refractivity contribution is 0.628. The summed E-state index contributed by atoms with van der Waals surface area (Å²) in [6.07, 6.45) is 0. The summed E-state index contributed by atoms with van der Waals surface area (Å²) in [5.74, 6) is -0.373. The van der Waals surface area contributed by atoms with Gasteiger partial charge in [0.05, 0.1) is 10.7 Å². The summed E-state index contributed by atoms with van der Waals surface area (Å²) in [5.41, 5.74) is 3.98. The van der Waals surface area contributed by atoms with E-state index in [0.717, 1.165) is 6.54 Å². The fraction of sp³-hybridized carbons (Fsp3) is 0.273. The Bertz CT molecular complexity index is 448. The quantitative estimate of drug-likeness (QED) is 0.505. The van der Waals surface area contributed by atoms with Gasteiger partial charge >= 0.3 is 0 Å². The molecule has 0 fully saturated rings. The Labute approximate surface area is 110 Å². The lowest BCUT2D eigenvalue weighted by atomic mass is 10.1. The van der Waals surface area contributed by atoms with Crippen molar-refractivity contribution in [2.45, 2.75) is 13.8 Å². The van der Waals surface area contributed by atoms with Crippen molar-refractivity contribution in [3.63, 3.8) is 0 Å². The molecule has 0 saturated heterocycles. The van der Waals surface area contributed by atoms with Crippen LogP contribution in [0.25, 0.3) is 0 Å². The second-order valence-corrected chi connectivity index (χ2v) is 4.11. The summed E-state index contributed by atoms with van der Waals surface area (Å²) in [4.78, 5) is 0. The lowest BCUT2D eigenvalue weighted by Crippen LogP contribution is -2.32. The number of hydrazone groups is 1. The molecule has 0 aliphatic carbocycles. The molecule has 0 aliphatic heterocycles. The van der Waals surface area contributed by atoms with E-state index in [1.54, 1.807) is 13.0 Å². The van der Waals surface area contributed by atoms with E-state index >= 15 is 0 Å². The maximum Gasteiger partial charge on any atom is 0.186 e. The van der Waals surface area contributed by atoms with Crippen LogP contribution in [0.3, 0.4) is 0 Å². The van der Waals surface area contributed by atoms with E-state index in [-0.39, 0.29) is 5.82 Å². The molecule has 0 unspecified atom stereocenters. The predicted molar refractivity (Wildman–Crippen MR) is 73.0 cm³/mol. The molecule has 0 spiro atoms. The van der Waals surface area contributed by atoms with Crippen molar-refractivity contribution in [2.75, 3.05) is 6.54 Å². The first-order valence-corrected chi connectivity index (χ1v) is 5.86. The highest BCUT2D eigenvalue weighted by atomic mass is 35.5. The minimum atomic E-state index is -0.373. The van der Waals surface area contributed by atoms with Gasteiger partial charge in [0, 0.05) is 12.1 Å². The van der Waals surface area contributed by atoms with E-state index in [0.29, 0.717) is 21.4 Å². The number of hydrogen-bond donors (Lipinski definition) is 2. The molecular weight excluding hydrogens is 261 g/mol. The van der Waals surface area contributed by atoms with Gasteiger partial charge in [-0.1, -0.05) is 11.6 Å². The fourth-order valence-corrected chi connectivity index (χ4v) is 1.67. The maximum atomic E-state index is 12.9. The lowest BCUT2D eigenvalue weighted by Gasteiger charge is -2.07. The van der Waals surface area contributed by atoms with Crippen LogP contribution in [-0.4, -0.2) is 17.4 Å². The third-order valence-electron chi connectivity index (χ3n) is 1.98. The Morgan fingerprint density at radius 1 is 1.53 bits per heavy atom. The van der Waals surface area contributed by atoms with Crippen molar-refractivity contribution >= 4 is 34.6 Å². The van der Waals surface area contributed by atoms with E-state index < -0.39 is 0 Å². The number of nitrogens with one attached hydrogen (secondary N) is 2. The van der Waals surface area contributed by atoms with Crippen LogP contribution < -0.4 is 10.7 Å². The molecule has 6 heteroatoms. The van der Waals surface area contributed by atoms with E-state index in [4.69, 9.17) is 23.8 Å². The first kappa shape index (κ1) is 13.9. The molecule has 0 aliphatic rings. The average molecular weight is 274 g/mol. The number of benzene rings is 1. The molecule has 3 nitrogen and oxygen atoms in total. The number of nitrogens with zero attached hydrogens (tertiary/aromatic N) is 1. The highest BCUT2D eigenvalue weighted by Crippen LogP contribution is 2.17. The molecule has 0 amide bonds. The van der Waals surface area contributed by atoms with E-state index in [1.165, 1.54) is 12.1 Å². The molecule has 1 aromatic carbocycles. The standard InChI is InChI=1S/C11H13ClFN3S/c1-3-14-11(17)16-15-7(2)9-5-4-8(13)6-10(9)12/h4-6H,3H2,1-2H3,(H2,14,16,17)/b15-7-. The van der Waals surface area contributed by atoms with E-state index in [9.17, 15) is 4.39 Å². The second-order valence-electron chi connectivity index (χ2n) is 3.29. The summed E-state index contributed by atoms with van der Waals surface area (Å²) in [6, 6.07) is 4.16. The molecule has 0 radical (unpaired) electrons. The van der Waals surface area contributed by atoms with Crippen LogP contribution in [0.4, 0.5) is 4.39 Å². The van der Waals surface area contributed by atoms with Crippen molar-refractivity contribution in [1.29, 1.82) is 0 Å². The largest absolute Gasteiger partial charge is 0.362 e. The Morgan fingerprint density at radius 2 is 2.24 bits per heavy atom. The molecule has 0 heterocycles. The molecule has 0 aromatic heterocycles. The fourth-order valence-electron chi connectivity index (χ4n) is 1.18. The van der Waals surface area contributed by atoms with Gasteiger partial charge in [-0.3, -0.25) is 5.43 Å².